The molecule has 1 N–H and O–H groups in total. The minimum atomic E-state index is -0.395. The third-order valence-corrected chi connectivity index (χ3v) is 5.19. The van der Waals surface area contributed by atoms with Crippen molar-refractivity contribution in [2.45, 2.75) is 12.5 Å². The lowest BCUT2D eigenvalue weighted by molar-refractivity contribution is -0.128. The average Bonchev–Trinajstić information content (AvgIpc) is 3.39. The normalized spacial score (nSPS) is 16.1. The molecule has 5 heteroatoms. The van der Waals surface area contributed by atoms with E-state index < -0.39 is 5.97 Å². The third kappa shape index (κ3) is 4.33. The van der Waals surface area contributed by atoms with Gasteiger partial charge in [-0.1, -0.05) is 48.5 Å². The maximum atomic E-state index is 12.0. The molecule has 0 fully saturated rings. The fraction of sp³-hybridized carbons (Fsp3) is 0.0909. The van der Waals surface area contributed by atoms with E-state index in [1.165, 1.54) is 11.0 Å². The second kappa shape index (κ2) is 8.01. The van der Waals surface area contributed by atoms with Gasteiger partial charge < -0.3 is 10.2 Å². The van der Waals surface area contributed by atoms with Gasteiger partial charge in [0.1, 0.15) is 5.75 Å². The number of esters is 1. The van der Waals surface area contributed by atoms with E-state index in [-0.39, 0.29) is 6.04 Å². The summed E-state index contributed by atoms with van der Waals surface area (Å²) in [6.07, 6.45) is 4.02. The SMILES string of the molecule is O=C(/C=C\c1ccccc1)Oc1ccc(C2CC(c3cccs3)=NN2)cc1. The standard InChI is InChI=1S/C22H18N2O2S/c25-22(13-8-16-5-2-1-3-6-16)26-18-11-9-17(10-12-18)19-15-20(24-23-19)21-7-4-14-27-21/h1-14,19,23H,15H2/b13-8-. The Bertz CT molecular complexity index is 961. The quantitative estimate of drug-likeness (QED) is 0.396. The summed E-state index contributed by atoms with van der Waals surface area (Å²) < 4.78 is 5.36. The van der Waals surface area contributed by atoms with Gasteiger partial charge in [-0.25, -0.2) is 4.79 Å². The van der Waals surface area contributed by atoms with Crippen LogP contribution in [0.25, 0.3) is 6.08 Å². The van der Waals surface area contributed by atoms with Crippen molar-refractivity contribution in [1.29, 1.82) is 0 Å². The molecular weight excluding hydrogens is 356 g/mol. The Morgan fingerprint density at radius 3 is 2.63 bits per heavy atom. The summed E-state index contributed by atoms with van der Waals surface area (Å²) in [6.45, 7) is 0. The Balaban J connectivity index is 1.34. The molecule has 1 aliphatic rings. The van der Waals surface area contributed by atoms with Crippen LogP contribution in [0.1, 0.15) is 28.5 Å². The van der Waals surface area contributed by atoms with E-state index in [0.29, 0.717) is 5.75 Å². The predicted octanol–water partition coefficient (Wildman–Crippen LogP) is 4.81. The van der Waals surface area contributed by atoms with E-state index in [2.05, 4.69) is 22.0 Å². The van der Waals surface area contributed by atoms with Crippen LogP contribution >= 0.6 is 11.3 Å². The van der Waals surface area contributed by atoms with Crippen LogP contribution < -0.4 is 10.2 Å². The van der Waals surface area contributed by atoms with Crippen molar-refractivity contribution in [2.75, 3.05) is 0 Å². The summed E-state index contributed by atoms with van der Waals surface area (Å²) >= 11 is 1.69. The van der Waals surface area contributed by atoms with Crippen molar-refractivity contribution in [1.82, 2.24) is 5.43 Å². The minimum absolute atomic E-state index is 0.143. The minimum Gasteiger partial charge on any atom is -0.423 e. The Labute approximate surface area is 161 Å². The molecule has 4 nitrogen and oxygen atoms in total. The van der Waals surface area contributed by atoms with Gasteiger partial charge in [0, 0.05) is 12.5 Å². The fourth-order valence-corrected chi connectivity index (χ4v) is 3.60. The molecule has 2 heterocycles. The van der Waals surface area contributed by atoms with E-state index in [4.69, 9.17) is 4.74 Å². The fourth-order valence-electron chi connectivity index (χ4n) is 2.88. The van der Waals surface area contributed by atoms with Crippen molar-refractivity contribution in [3.63, 3.8) is 0 Å². The van der Waals surface area contributed by atoms with Crippen molar-refractivity contribution >= 4 is 29.1 Å². The van der Waals surface area contributed by atoms with Crippen molar-refractivity contribution in [2.24, 2.45) is 5.10 Å². The number of ether oxygens (including phenoxy) is 1. The van der Waals surface area contributed by atoms with Gasteiger partial charge in [-0.05, 0) is 40.8 Å². The first-order chi connectivity index (χ1) is 13.3. The van der Waals surface area contributed by atoms with Crippen molar-refractivity contribution in [3.8, 4) is 5.75 Å². The first-order valence-corrected chi connectivity index (χ1v) is 9.57. The Kier molecular flexibility index (Phi) is 5.12. The number of benzene rings is 2. The van der Waals surface area contributed by atoms with Gasteiger partial charge in [-0.2, -0.15) is 5.10 Å². The number of thiophene rings is 1. The highest BCUT2D eigenvalue weighted by Crippen LogP contribution is 2.27. The molecule has 2 aromatic carbocycles. The van der Waals surface area contributed by atoms with Crippen LogP contribution in [0.2, 0.25) is 0 Å². The number of carbonyl (C=O) groups excluding carboxylic acids is 1. The number of hydrogen-bond acceptors (Lipinski definition) is 5. The summed E-state index contributed by atoms with van der Waals surface area (Å²) in [5, 5.41) is 6.50. The number of rotatable bonds is 5. The number of hydrogen-bond donors (Lipinski definition) is 1. The summed E-state index contributed by atoms with van der Waals surface area (Å²) in [4.78, 5) is 13.2. The lowest BCUT2D eigenvalue weighted by Crippen LogP contribution is -2.10. The van der Waals surface area contributed by atoms with Gasteiger partial charge in [0.25, 0.3) is 0 Å². The lowest BCUT2D eigenvalue weighted by atomic mass is 10.0. The molecule has 0 radical (unpaired) electrons. The van der Waals surface area contributed by atoms with Crippen LogP contribution in [0.5, 0.6) is 5.75 Å². The van der Waals surface area contributed by atoms with E-state index in [0.717, 1.165) is 23.3 Å². The highest BCUT2D eigenvalue weighted by molar-refractivity contribution is 7.12. The topological polar surface area (TPSA) is 50.7 Å². The molecule has 1 unspecified atom stereocenters. The molecule has 0 aliphatic carbocycles. The Morgan fingerprint density at radius 2 is 1.89 bits per heavy atom. The maximum absolute atomic E-state index is 12.0. The average molecular weight is 374 g/mol. The highest BCUT2D eigenvalue weighted by atomic mass is 32.1. The zero-order valence-corrected chi connectivity index (χ0v) is 15.4. The van der Waals surface area contributed by atoms with Crippen LogP contribution in [-0.2, 0) is 4.79 Å². The smallest absolute Gasteiger partial charge is 0.336 e. The van der Waals surface area contributed by atoms with Crippen LogP contribution in [0.4, 0.5) is 0 Å². The van der Waals surface area contributed by atoms with Gasteiger partial charge in [0.2, 0.25) is 0 Å². The Hall–Kier alpha value is -3.18. The molecule has 0 saturated heterocycles. The second-order valence-electron chi connectivity index (χ2n) is 6.16. The molecule has 0 saturated carbocycles. The third-order valence-electron chi connectivity index (χ3n) is 4.27. The number of hydrazone groups is 1. The molecule has 0 spiro atoms. The lowest BCUT2D eigenvalue weighted by Gasteiger charge is -2.10. The van der Waals surface area contributed by atoms with E-state index in [1.54, 1.807) is 17.4 Å². The maximum Gasteiger partial charge on any atom is 0.336 e. The predicted molar refractivity (Wildman–Crippen MR) is 109 cm³/mol. The van der Waals surface area contributed by atoms with Crippen LogP contribution in [0.3, 0.4) is 0 Å². The summed E-state index contributed by atoms with van der Waals surface area (Å²) in [6, 6.07) is 21.5. The number of nitrogens with one attached hydrogen (secondary N) is 1. The molecule has 0 bridgehead atoms. The van der Waals surface area contributed by atoms with Crippen LogP contribution in [0, 0.1) is 0 Å². The zero-order chi connectivity index (χ0) is 18.5. The van der Waals surface area contributed by atoms with Gasteiger partial charge >= 0.3 is 5.97 Å². The summed E-state index contributed by atoms with van der Waals surface area (Å²) in [5.41, 5.74) is 6.34. The molecule has 0 amide bonds. The Morgan fingerprint density at radius 1 is 1.07 bits per heavy atom. The summed E-state index contributed by atoms with van der Waals surface area (Å²) in [7, 11) is 0. The van der Waals surface area contributed by atoms with Gasteiger partial charge in [0.05, 0.1) is 16.6 Å². The zero-order valence-electron chi connectivity index (χ0n) is 14.5. The molecular formula is C22H18N2O2S. The monoisotopic (exact) mass is 374 g/mol. The molecule has 3 aromatic rings. The second-order valence-corrected chi connectivity index (χ2v) is 7.10. The van der Waals surface area contributed by atoms with Crippen molar-refractivity contribution in [3.05, 3.63) is 94.2 Å². The highest BCUT2D eigenvalue weighted by Gasteiger charge is 2.21. The largest absolute Gasteiger partial charge is 0.423 e. The van der Waals surface area contributed by atoms with Crippen LogP contribution in [-0.4, -0.2) is 11.7 Å². The van der Waals surface area contributed by atoms with E-state index >= 15 is 0 Å². The molecule has 27 heavy (non-hydrogen) atoms. The van der Waals surface area contributed by atoms with E-state index in [1.807, 2.05) is 60.7 Å². The summed E-state index contributed by atoms with van der Waals surface area (Å²) in [5.74, 6) is 0.132. The van der Waals surface area contributed by atoms with Crippen LogP contribution in [0.15, 0.2) is 83.3 Å². The molecule has 1 aliphatic heterocycles. The molecule has 1 aromatic heterocycles. The number of nitrogens with zero attached hydrogens (tertiary/aromatic N) is 1. The van der Waals surface area contributed by atoms with Crippen molar-refractivity contribution < 1.29 is 9.53 Å². The molecule has 4 rings (SSSR count). The van der Waals surface area contributed by atoms with Gasteiger partial charge in [0.15, 0.2) is 0 Å². The first kappa shape index (κ1) is 17.2. The molecule has 1 atom stereocenters. The molecule has 134 valence electrons. The van der Waals surface area contributed by atoms with Gasteiger partial charge in [-0.3, -0.25) is 0 Å². The van der Waals surface area contributed by atoms with E-state index in [9.17, 15) is 4.79 Å². The number of carbonyl (C=O) groups is 1. The van der Waals surface area contributed by atoms with Gasteiger partial charge in [-0.15, -0.1) is 11.3 Å². The first-order valence-electron chi connectivity index (χ1n) is 8.69.